The van der Waals surface area contributed by atoms with Gasteiger partial charge in [0.25, 0.3) is 0 Å². The molecule has 0 N–H and O–H groups in total. The van der Waals surface area contributed by atoms with Crippen molar-refractivity contribution in [3.63, 3.8) is 0 Å². The standard InChI is InChI=1S/C10H10FNO2/c1-14-10(13)9-8(11)4-7(5-12-9)6-2-3-6/h4-6H,2-3H2,1H3. The summed E-state index contributed by atoms with van der Waals surface area (Å²) < 4.78 is 17.7. The van der Waals surface area contributed by atoms with E-state index >= 15 is 0 Å². The summed E-state index contributed by atoms with van der Waals surface area (Å²) in [6, 6.07) is 1.37. The lowest BCUT2D eigenvalue weighted by atomic mass is 10.2. The number of hydrogen-bond acceptors (Lipinski definition) is 3. The second kappa shape index (κ2) is 3.36. The highest BCUT2D eigenvalue weighted by atomic mass is 19.1. The van der Waals surface area contributed by atoms with Gasteiger partial charge in [-0.15, -0.1) is 0 Å². The molecule has 0 atom stereocenters. The molecule has 0 spiro atoms. The summed E-state index contributed by atoms with van der Waals surface area (Å²) in [5, 5.41) is 0. The van der Waals surface area contributed by atoms with E-state index in [2.05, 4.69) is 9.72 Å². The Morgan fingerprint density at radius 1 is 1.64 bits per heavy atom. The first kappa shape index (κ1) is 9.12. The molecule has 3 nitrogen and oxygen atoms in total. The van der Waals surface area contributed by atoms with E-state index in [1.54, 1.807) is 6.20 Å². The Labute approximate surface area is 80.9 Å². The van der Waals surface area contributed by atoms with Crippen molar-refractivity contribution in [3.05, 3.63) is 29.3 Å². The Bertz CT molecular complexity index is 374. The molecule has 1 aromatic heterocycles. The van der Waals surface area contributed by atoms with E-state index in [9.17, 15) is 9.18 Å². The van der Waals surface area contributed by atoms with Crippen molar-refractivity contribution in [2.24, 2.45) is 0 Å². The molecule has 1 aliphatic rings. The Morgan fingerprint density at radius 2 is 2.36 bits per heavy atom. The molecule has 1 saturated carbocycles. The number of pyridine rings is 1. The molecule has 1 heterocycles. The fraction of sp³-hybridized carbons (Fsp3) is 0.400. The van der Waals surface area contributed by atoms with E-state index < -0.39 is 11.8 Å². The Balaban J connectivity index is 2.30. The summed E-state index contributed by atoms with van der Waals surface area (Å²) in [5.41, 5.74) is 0.632. The van der Waals surface area contributed by atoms with Crippen LogP contribution >= 0.6 is 0 Å². The Hall–Kier alpha value is -1.45. The number of carbonyl (C=O) groups excluding carboxylic acids is 1. The van der Waals surface area contributed by atoms with E-state index in [1.165, 1.54) is 13.2 Å². The third-order valence-electron chi connectivity index (χ3n) is 2.29. The molecule has 0 aliphatic heterocycles. The van der Waals surface area contributed by atoms with Crippen molar-refractivity contribution in [2.45, 2.75) is 18.8 Å². The monoisotopic (exact) mass is 195 g/mol. The topological polar surface area (TPSA) is 39.2 Å². The second-order valence-electron chi connectivity index (χ2n) is 3.36. The van der Waals surface area contributed by atoms with Crippen LogP contribution in [0.2, 0.25) is 0 Å². The first-order chi connectivity index (χ1) is 6.72. The minimum absolute atomic E-state index is 0.239. The van der Waals surface area contributed by atoms with Gasteiger partial charge in [-0.25, -0.2) is 14.2 Å². The van der Waals surface area contributed by atoms with Gasteiger partial charge in [-0.3, -0.25) is 0 Å². The number of ether oxygens (including phenoxy) is 1. The first-order valence-corrected chi connectivity index (χ1v) is 4.46. The number of carbonyl (C=O) groups is 1. The van der Waals surface area contributed by atoms with Crippen molar-refractivity contribution in [3.8, 4) is 0 Å². The van der Waals surface area contributed by atoms with Crippen LogP contribution in [0.15, 0.2) is 12.3 Å². The number of hydrogen-bond donors (Lipinski definition) is 0. The van der Waals surface area contributed by atoms with Crippen molar-refractivity contribution >= 4 is 5.97 Å². The van der Waals surface area contributed by atoms with E-state index in [0.29, 0.717) is 5.92 Å². The average molecular weight is 195 g/mol. The summed E-state index contributed by atoms with van der Waals surface area (Å²) >= 11 is 0. The lowest BCUT2D eigenvalue weighted by Gasteiger charge is -2.02. The van der Waals surface area contributed by atoms with Crippen LogP contribution in [-0.4, -0.2) is 18.1 Å². The number of rotatable bonds is 2. The van der Waals surface area contributed by atoms with Crippen molar-refractivity contribution in [2.75, 3.05) is 7.11 Å². The number of nitrogens with zero attached hydrogens (tertiary/aromatic N) is 1. The third-order valence-corrected chi connectivity index (χ3v) is 2.29. The van der Waals surface area contributed by atoms with E-state index in [-0.39, 0.29) is 5.69 Å². The zero-order valence-electron chi connectivity index (χ0n) is 7.79. The van der Waals surface area contributed by atoms with Gasteiger partial charge in [0.1, 0.15) is 0 Å². The minimum atomic E-state index is -0.732. The molecular weight excluding hydrogens is 185 g/mol. The molecule has 4 heteroatoms. The van der Waals surface area contributed by atoms with Gasteiger partial charge in [0.2, 0.25) is 0 Å². The first-order valence-electron chi connectivity index (χ1n) is 4.46. The van der Waals surface area contributed by atoms with Gasteiger partial charge >= 0.3 is 5.97 Å². The van der Waals surface area contributed by atoms with Gasteiger partial charge in [0, 0.05) is 6.20 Å². The van der Waals surface area contributed by atoms with Gasteiger partial charge < -0.3 is 4.74 Å². The molecule has 0 amide bonds. The summed E-state index contributed by atoms with van der Waals surface area (Å²) in [6.45, 7) is 0. The Kier molecular flexibility index (Phi) is 2.19. The van der Waals surface area contributed by atoms with Gasteiger partial charge in [0.05, 0.1) is 7.11 Å². The highest BCUT2D eigenvalue weighted by Crippen LogP contribution is 2.39. The van der Waals surface area contributed by atoms with Gasteiger partial charge in [-0.1, -0.05) is 0 Å². The summed E-state index contributed by atoms with van der Waals surface area (Å²) in [7, 11) is 1.21. The molecule has 0 aromatic carbocycles. The van der Waals surface area contributed by atoms with Crippen LogP contribution in [-0.2, 0) is 4.74 Å². The van der Waals surface area contributed by atoms with Crippen molar-refractivity contribution in [1.82, 2.24) is 4.98 Å². The second-order valence-corrected chi connectivity index (χ2v) is 3.36. The fourth-order valence-corrected chi connectivity index (χ4v) is 1.34. The quantitative estimate of drug-likeness (QED) is 0.676. The summed E-state index contributed by atoms with van der Waals surface area (Å²) in [6.07, 6.45) is 3.71. The molecule has 0 bridgehead atoms. The zero-order valence-corrected chi connectivity index (χ0v) is 7.79. The molecule has 0 radical (unpaired) electrons. The SMILES string of the molecule is COC(=O)c1ncc(C2CC2)cc1F. The molecule has 2 rings (SSSR count). The van der Waals surface area contributed by atoms with Crippen LogP contribution in [0.25, 0.3) is 0 Å². The molecule has 0 unspecified atom stereocenters. The number of esters is 1. The van der Waals surface area contributed by atoms with Crippen LogP contribution in [0.3, 0.4) is 0 Å². The summed E-state index contributed by atoms with van der Waals surface area (Å²) in [4.78, 5) is 14.8. The summed E-state index contributed by atoms with van der Waals surface area (Å²) in [5.74, 6) is -0.894. The molecule has 1 aromatic rings. The maximum absolute atomic E-state index is 13.3. The molecule has 74 valence electrons. The van der Waals surface area contributed by atoms with Crippen molar-refractivity contribution < 1.29 is 13.9 Å². The average Bonchev–Trinajstić information content (AvgIpc) is 3.00. The van der Waals surface area contributed by atoms with Crippen molar-refractivity contribution in [1.29, 1.82) is 0 Å². The van der Waals surface area contributed by atoms with E-state index in [0.717, 1.165) is 18.4 Å². The molecular formula is C10H10FNO2. The molecule has 1 fully saturated rings. The smallest absolute Gasteiger partial charge is 0.359 e. The predicted molar refractivity (Wildman–Crippen MR) is 47.5 cm³/mol. The van der Waals surface area contributed by atoms with Gasteiger partial charge in [-0.2, -0.15) is 0 Å². The predicted octanol–water partition coefficient (Wildman–Crippen LogP) is 1.88. The van der Waals surface area contributed by atoms with Gasteiger partial charge in [0.15, 0.2) is 11.5 Å². The van der Waals surface area contributed by atoms with E-state index in [4.69, 9.17) is 0 Å². The van der Waals surface area contributed by atoms with Crippen LogP contribution in [0.4, 0.5) is 4.39 Å². The van der Waals surface area contributed by atoms with Crippen LogP contribution in [0.5, 0.6) is 0 Å². The lowest BCUT2D eigenvalue weighted by Crippen LogP contribution is -2.07. The number of halogens is 1. The van der Waals surface area contributed by atoms with E-state index in [1.807, 2.05) is 0 Å². The lowest BCUT2D eigenvalue weighted by molar-refractivity contribution is 0.0588. The Morgan fingerprint density at radius 3 is 2.86 bits per heavy atom. The highest BCUT2D eigenvalue weighted by Gasteiger charge is 2.25. The molecule has 14 heavy (non-hydrogen) atoms. The highest BCUT2D eigenvalue weighted by molar-refractivity contribution is 5.87. The largest absolute Gasteiger partial charge is 0.464 e. The molecule has 1 aliphatic carbocycles. The maximum atomic E-state index is 13.3. The normalized spacial score (nSPS) is 15.3. The van der Waals surface area contributed by atoms with Crippen LogP contribution < -0.4 is 0 Å². The van der Waals surface area contributed by atoms with Crippen LogP contribution in [0, 0.1) is 5.82 Å². The van der Waals surface area contributed by atoms with Gasteiger partial charge in [-0.05, 0) is 30.4 Å². The van der Waals surface area contributed by atoms with Crippen LogP contribution in [0.1, 0.15) is 34.8 Å². The third kappa shape index (κ3) is 1.60. The maximum Gasteiger partial charge on any atom is 0.359 e. The fourth-order valence-electron chi connectivity index (χ4n) is 1.34. The zero-order chi connectivity index (χ0) is 10.1. The number of aromatic nitrogens is 1. The molecule has 0 saturated heterocycles. The number of methoxy groups -OCH3 is 1. The minimum Gasteiger partial charge on any atom is -0.464 e.